The number of hydrazone groups is 2. The number of rotatable bonds is 4. The minimum absolute atomic E-state index is 0.374. The smallest absolute Gasteiger partial charge is 0.286 e. The number of morpholine rings is 1. The predicted octanol–water partition coefficient (Wildman–Crippen LogP) is -0.0469. The molecular formula is C12H16N6O3. The van der Waals surface area contributed by atoms with Gasteiger partial charge in [0, 0.05) is 18.8 Å². The van der Waals surface area contributed by atoms with Crippen LogP contribution in [0, 0.1) is 10.1 Å². The van der Waals surface area contributed by atoms with Crippen LogP contribution in [0.4, 0.5) is 5.69 Å². The summed E-state index contributed by atoms with van der Waals surface area (Å²) in [5.41, 5.74) is 9.46. The minimum Gasteiger partial charge on any atom is -0.378 e. The summed E-state index contributed by atoms with van der Waals surface area (Å²) in [5, 5.41) is 15.8. The molecule has 1 aromatic carbocycles. The lowest BCUT2D eigenvalue weighted by molar-refractivity contribution is -0.485. The summed E-state index contributed by atoms with van der Waals surface area (Å²) in [7, 11) is 0. The first-order chi connectivity index (χ1) is 10.1. The number of guanidine groups is 1. The highest BCUT2D eigenvalue weighted by atomic mass is 16.7. The van der Waals surface area contributed by atoms with E-state index in [-0.39, 0.29) is 5.96 Å². The van der Waals surface area contributed by atoms with Gasteiger partial charge in [-0.25, -0.2) is 15.5 Å². The molecule has 3 N–H and O–H groups in total. The van der Waals surface area contributed by atoms with Crippen LogP contribution in [0.3, 0.4) is 0 Å². The maximum atomic E-state index is 10.1. The first-order valence-electron chi connectivity index (χ1n) is 6.35. The Morgan fingerprint density at radius 3 is 2.67 bits per heavy atom. The highest BCUT2D eigenvalue weighted by Crippen LogP contribution is 2.15. The van der Waals surface area contributed by atoms with Gasteiger partial charge in [0.2, 0.25) is 0 Å². The van der Waals surface area contributed by atoms with Crippen molar-refractivity contribution in [2.24, 2.45) is 15.9 Å². The Balaban J connectivity index is 1.91. The molecule has 1 heterocycles. The Hall–Kier alpha value is -2.68. The van der Waals surface area contributed by atoms with Gasteiger partial charge in [-0.15, -0.1) is 0 Å². The number of hydrogen-bond donors (Lipinski definition) is 2. The van der Waals surface area contributed by atoms with E-state index in [1.807, 2.05) is 24.3 Å². The lowest BCUT2D eigenvalue weighted by atomic mass is 10.2. The fourth-order valence-corrected chi connectivity index (χ4v) is 1.88. The van der Waals surface area contributed by atoms with Crippen LogP contribution in [0.15, 0.2) is 34.5 Å². The van der Waals surface area contributed by atoms with Gasteiger partial charge in [-0.3, -0.25) is 0 Å². The van der Waals surface area contributed by atoms with Crippen LogP contribution in [0.2, 0.25) is 0 Å². The molecule has 0 unspecified atom stereocenters. The number of ether oxygens (including phenoxy) is 1. The molecule has 112 valence electrons. The zero-order valence-corrected chi connectivity index (χ0v) is 11.3. The van der Waals surface area contributed by atoms with E-state index < -0.39 is 5.03 Å². The van der Waals surface area contributed by atoms with Crippen LogP contribution in [0.25, 0.3) is 0 Å². The van der Waals surface area contributed by atoms with Crippen molar-refractivity contribution in [1.82, 2.24) is 5.43 Å². The van der Waals surface area contributed by atoms with E-state index in [9.17, 15) is 10.1 Å². The van der Waals surface area contributed by atoms with Crippen LogP contribution in [-0.2, 0) is 4.74 Å². The lowest BCUT2D eigenvalue weighted by Crippen LogP contribution is -2.36. The molecule has 21 heavy (non-hydrogen) atoms. The summed E-state index contributed by atoms with van der Waals surface area (Å²) in [4.78, 5) is 12.3. The molecular weight excluding hydrogens is 276 g/mol. The van der Waals surface area contributed by atoms with Crippen molar-refractivity contribution in [2.45, 2.75) is 0 Å². The van der Waals surface area contributed by atoms with Gasteiger partial charge in [-0.05, 0) is 17.7 Å². The number of hydrogen-bond acceptors (Lipinski definition) is 5. The Kier molecular flexibility index (Phi) is 5.04. The van der Waals surface area contributed by atoms with Crippen molar-refractivity contribution in [3.63, 3.8) is 0 Å². The van der Waals surface area contributed by atoms with Crippen LogP contribution in [-0.4, -0.2) is 43.5 Å². The highest BCUT2D eigenvalue weighted by molar-refractivity contribution is 5.83. The van der Waals surface area contributed by atoms with Crippen molar-refractivity contribution >= 4 is 17.9 Å². The second kappa shape index (κ2) is 7.20. The Labute approximate surface area is 121 Å². The summed E-state index contributed by atoms with van der Waals surface area (Å²) in [6.45, 7) is 3.23. The van der Waals surface area contributed by atoms with E-state index in [0.717, 1.165) is 37.6 Å². The van der Waals surface area contributed by atoms with Gasteiger partial charge in [0.1, 0.15) is 5.10 Å². The minimum atomic E-state index is -0.894. The molecule has 0 radical (unpaired) electrons. The Morgan fingerprint density at radius 2 is 2.05 bits per heavy atom. The standard InChI is InChI=1S/C12H16N6O3/c13-12(16-18(19)20)15-14-9-10-1-3-11(4-2-10)17-5-7-21-8-6-17/h1-4,9H,5-8H2,(H3,13,15,16). The fourth-order valence-electron chi connectivity index (χ4n) is 1.88. The summed E-state index contributed by atoms with van der Waals surface area (Å²) in [6.07, 6.45) is 1.51. The van der Waals surface area contributed by atoms with E-state index in [0.29, 0.717) is 0 Å². The summed E-state index contributed by atoms with van der Waals surface area (Å²) in [6, 6.07) is 7.77. The molecule has 1 aromatic rings. The van der Waals surface area contributed by atoms with Crippen molar-refractivity contribution in [1.29, 1.82) is 0 Å². The molecule has 0 atom stereocenters. The second-order valence-electron chi connectivity index (χ2n) is 4.28. The first-order valence-corrected chi connectivity index (χ1v) is 6.35. The number of nitrogens with one attached hydrogen (secondary N) is 1. The molecule has 0 amide bonds. The summed E-state index contributed by atoms with van der Waals surface area (Å²) < 4.78 is 5.31. The topological polar surface area (TPSA) is 118 Å². The van der Waals surface area contributed by atoms with Gasteiger partial charge in [-0.1, -0.05) is 12.1 Å². The summed E-state index contributed by atoms with van der Waals surface area (Å²) >= 11 is 0. The molecule has 0 saturated carbocycles. The number of nitro groups is 1. The predicted molar refractivity (Wildman–Crippen MR) is 78.8 cm³/mol. The maximum Gasteiger partial charge on any atom is 0.286 e. The van der Waals surface area contributed by atoms with Crippen LogP contribution in [0.1, 0.15) is 5.56 Å². The number of nitrogens with two attached hydrogens (primary N) is 1. The molecule has 1 aliphatic rings. The molecule has 0 aromatic heterocycles. The second-order valence-corrected chi connectivity index (χ2v) is 4.28. The van der Waals surface area contributed by atoms with Crippen LogP contribution < -0.4 is 16.1 Å². The average molecular weight is 292 g/mol. The largest absolute Gasteiger partial charge is 0.378 e. The van der Waals surface area contributed by atoms with E-state index in [2.05, 4.69) is 20.5 Å². The molecule has 1 saturated heterocycles. The molecule has 1 fully saturated rings. The first kappa shape index (κ1) is 14.7. The van der Waals surface area contributed by atoms with Crippen molar-refractivity contribution in [3.8, 4) is 0 Å². The van der Waals surface area contributed by atoms with Gasteiger partial charge in [0.05, 0.1) is 19.4 Å². The lowest BCUT2D eigenvalue weighted by Gasteiger charge is -2.28. The van der Waals surface area contributed by atoms with E-state index >= 15 is 0 Å². The SMILES string of the molecule is N/C(=N\[N+](=O)[O-])NN=Cc1ccc(N2CCOCC2)cc1. The average Bonchev–Trinajstić information content (AvgIpc) is 2.48. The van der Waals surface area contributed by atoms with Gasteiger partial charge >= 0.3 is 0 Å². The zero-order chi connectivity index (χ0) is 15.1. The molecule has 0 bridgehead atoms. The normalized spacial score (nSPS) is 16.2. The van der Waals surface area contributed by atoms with Gasteiger partial charge in [-0.2, -0.15) is 5.10 Å². The van der Waals surface area contributed by atoms with Crippen molar-refractivity contribution < 1.29 is 9.77 Å². The number of anilines is 1. The van der Waals surface area contributed by atoms with E-state index in [4.69, 9.17) is 10.5 Å². The monoisotopic (exact) mass is 292 g/mol. The third kappa shape index (κ3) is 4.73. The van der Waals surface area contributed by atoms with Crippen LogP contribution >= 0.6 is 0 Å². The van der Waals surface area contributed by atoms with Gasteiger partial charge in [0.15, 0.2) is 5.03 Å². The number of benzene rings is 1. The molecule has 0 aliphatic carbocycles. The van der Waals surface area contributed by atoms with Crippen molar-refractivity contribution in [2.75, 3.05) is 31.2 Å². The summed E-state index contributed by atoms with van der Waals surface area (Å²) in [5.74, 6) is -0.374. The highest BCUT2D eigenvalue weighted by Gasteiger charge is 2.10. The Morgan fingerprint density at radius 1 is 1.38 bits per heavy atom. The quantitative estimate of drug-likeness (QED) is 0.348. The molecule has 1 aliphatic heterocycles. The molecule has 9 nitrogen and oxygen atoms in total. The van der Waals surface area contributed by atoms with E-state index in [1.54, 1.807) is 0 Å². The van der Waals surface area contributed by atoms with E-state index in [1.165, 1.54) is 6.21 Å². The molecule has 0 spiro atoms. The zero-order valence-electron chi connectivity index (χ0n) is 11.3. The fraction of sp³-hybridized carbons (Fsp3) is 0.333. The third-order valence-electron chi connectivity index (χ3n) is 2.85. The Bertz CT molecular complexity index is 536. The maximum absolute atomic E-state index is 10.1. The molecule has 2 rings (SSSR count). The van der Waals surface area contributed by atoms with Gasteiger partial charge < -0.3 is 15.4 Å². The number of nitrogens with zero attached hydrogens (tertiary/aromatic N) is 4. The van der Waals surface area contributed by atoms with Gasteiger partial charge in [0.25, 0.3) is 5.96 Å². The van der Waals surface area contributed by atoms with Crippen molar-refractivity contribution in [3.05, 3.63) is 39.9 Å². The third-order valence-corrected chi connectivity index (χ3v) is 2.85. The molecule has 9 heteroatoms. The van der Waals surface area contributed by atoms with Crippen LogP contribution in [0.5, 0.6) is 0 Å².